The van der Waals surface area contributed by atoms with Gasteiger partial charge in [-0.1, -0.05) is 56.2 Å². The van der Waals surface area contributed by atoms with E-state index in [1.54, 1.807) is 25.1 Å². The highest BCUT2D eigenvalue weighted by atomic mass is 19.4. The number of rotatable bonds is 6. The smallest absolute Gasteiger partial charge is 0.431 e. The molecule has 2 aromatic carbocycles. The molecule has 8 heteroatoms. The maximum Gasteiger partial charge on any atom is 0.431 e. The van der Waals surface area contributed by atoms with E-state index in [2.05, 4.69) is 12.0 Å². The van der Waals surface area contributed by atoms with Gasteiger partial charge < -0.3 is 10.2 Å². The van der Waals surface area contributed by atoms with Gasteiger partial charge in [0.15, 0.2) is 5.72 Å². The number of carbonyl (C=O) groups is 1. The van der Waals surface area contributed by atoms with Crippen molar-refractivity contribution >= 4 is 11.6 Å². The molecule has 0 spiro atoms. The summed E-state index contributed by atoms with van der Waals surface area (Å²) < 4.78 is 40.2. The predicted molar refractivity (Wildman–Crippen MR) is 111 cm³/mol. The zero-order chi connectivity index (χ0) is 22.8. The van der Waals surface area contributed by atoms with Crippen LogP contribution in [0.5, 0.6) is 5.75 Å². The van der Waals surface area contributed by atoms with Gasteiger partial charge in [-0.2, -0.15) is 23.3 Å². The Bertz CT molecular complexity index is 987. The Morgan fingerprint density at radius 2 is 1.84 bits per heavy atom. The number of alkyl halides is 3. The lowest BCUT2D eigenvalue weighted by Gasteiger charge is -2.32. The molecule has 1 unspecified atom stereocenters. The lowest BCUT2D eigenvalue weighted by Crippen LogP contribution is -2.43. The third-order valence-corrected chi connectivity index (χ3v) is 5.46. The zero-order valence-electron chi connectivity index (χ0n) is 17.4. The monoisotopic (exact) mass is 434 g/mol. The van der Waals surface area contributed by atoms with E-state index in [-0.39, 0.29) is 16.9 Å². The number of phenols is 1. The fourth-order valence-electron chi connectivity index (χ4n) is 3.60. The van der Waals surface area contributed by atoms with Gasteiger partial charge >= 0.3 is 6.18 Å². The first-order chi connectivity index (χ1) is 14.6. The van der Waals surface area contributed by atoms with Crippen LogP contribution in [-0.4, -0.2) is 33.0 Å². The first kappa shape index (κ1) is 22.8. The van der Waals surface area contributed by atoms with E-state index in [1.165, 1.54) is 24.3 Å². The number of hydrazone groups is 1. The molecule has 166 valence electrons. The minimum atomic E-state index is -4.81. The molecule has 0 bridgehead atoms. The average molecular weight is 434 g/mol. The summed E-state index contributed by atoms with van der Waals surface area (Å²) in [5.74, 6) is -1.38. The normalized spacial score (nSPS) is 18.9. The van der Waals surface area contributed by atoms with Crippen molar-refractivity contribution in [1.82, 2.24) is 5.01 Å². The van der Waals surface area contributed by atoms with Crippen LogP contribution in [0.4, 0.5) is 13.2 Å². The topological polar surface area (TPSA) is 73.1 Å². The standard InChI is InChI=1S/C23H25F3N2O3/c1-3-4-5-8-16-10-12-17(13-11-16)22(31)14-19(23(24,25)26)27-28(22)21(30)18-9-6-7-15(2)20(18)29/h6-7,9-13,29,31H,3-5,8,14H2,1-2H3. The molecule has 1 aliphatic rings. The van der Waals surface area contributed by atoms with Crippen molar-refractivity contribution in [3.05, 3.63) is 64.7 Å². The second-order valence-corrected chi connectivity index (χ2v) is 7.78. The van der Waals surface area contributed by atoms with E-state index in [0.717, 1.165) is 31.2 Å². The first-order valence-electron chi connectivity index (χ1n) is 10.2. The molecule has 1 aliphatic heterocycles. The molecule has 5 nitrogen and oxygen atoms in total. The molecule has 1 atom stereocenters. The van der Waals surface area contributed by atoms with Crippen LogP contribution >= 0.6 is 0 Å². The summed E-state index contributed by atoms with van der Waals surface area (Å²) in [5, 5.41) is 25.4. The van der Waals surface area contributed by atoms with Gasteiger partial charge in [-0.15, -0.1) is 0 Å². The van der Waals surface area contributed by atoms with E-state index < -0.39 is 29.9 Å². The number of hydrogen-bond acceptors (Lipinski definition) is 4. The number of unbranched alkanes of at least 4 members (excludes halogenated alkanes) is 2. The second kappa shape index (κ2) is 8.70. The molecule has 2 aromatic rings. The molecule has 3 rings (SSSR count). The summed E-state index contributed by atoms with van der Waals surface area (Å²) >= 11 is 0. The van der Waals surface area contributed by atoms with Crippen molar-refractivity contribution in [2.75, 3.05) is 0 Å². The summed E-state index contributed by atoms with van der Waals surface area (Å²) in [4.78, 5) is 13.1. The minimum Gasteiger partial charge on any atom is -0.507 e. The van der Waals surface area contributed by atoms with Crippen LogP contribution in [0.25, 0.3) is 0 Å². The maximum atomic E-state index is 13.4. The summed E-state index contributed by atoms with van der Waals surface area (Å²) in [7, 11) is 0. The number of amides is 1. The number of aromatic hydroxyl groups is 1. The van der Waals surface area contributed by atoms with Gasteiger partial charge in [-0.25, -0.2) is 0 Å². The number of aryl methyl sites for hydroxylation is 2. The molecular formula is C23H25F3N2O3. The Morgan fingerprint density at radius 3 is 2.45 bits per heavy atom. The molecule has 0 aliphatic carbocycles. The van der Waals surface area contributed by atoms with Gasteiger partial charge in [0.2, 0.25) is 0 Å². The van der Waals surface area contributed by atoms with Crippen molar-refractivity contribution in [2.24, 2.45) is 5.10 Å². The van der Waals surface area contributed by atoms with Gasteiger partial charge in [0.05, 0.1) is 12.0 Å². The highest BCUT2D eigenvalue weighted by Crippen LogP contribution is 2.41. The number of aliphatic hydroxyl groups is 1. The SMILES string of the molecule is CCCCCc1ccc(C2(O)CC(C(F)(F)F)=NN2C(=O)c2cccc(C)c2O)cc1. The molecule has 2 N–H and O–H groups in total. The maximum absolute atomic E-state index is 13.4. The van der Waals surface area contributed by atoms with Crippen LogP contribution in [0.3, 0.4) is 0 Å². The number of halogens is 3. The van der Waals surface area contributed by atoms with Crippen LogP contribution in [-0.2, 0) is 12.1 Å². The van der Waals surface area contributed by atoms with Crippen LogP contribution in [0, 0.1) is 6.92 Å². The first-order valence-corrected chi connectivity index (χ1v) is 10.2. The predicted octanol–water partition coefficient (Wildman–Crippen LogP) is 5.04. The van der Waals surface area contributed by atoms with E-state index in [9.17, 15) is 28.2 Å². The van der Waals surface area contributed by atoms with Crippen LogP contribution in [0.1, 0.15) is 59.7 Å². The Labute approximate surface area is 178 Å². The van der Waals surface area contributed by atoms with Crippen molar-refractivity contribution in [3.8, 4) is 5.75 Å². The fraction of sp³-hybridized carbons (Fsp3) is 0.391. The Kier molecular flexibility index (Phi) is 6.40. The van der Waals surface area contributed by atoms with Crippen molar-refractivity contribution in [3.63, 3.8) is 0 Å². The van der Waals surface area contributed by atoms with Crippen molar-refractivity contribution in [1.29, 1.82) is 0 Å². The van der Waals surface area contributed by atoms with E-state index >= 15 is 0 Å². The van der Waals surface area contributed by atoms with Gasteiger partial charge in [-0.3, -0.25) is 4.79 Å². The molecule has 1 amide bonds. The summed E-state index contributed by atoms with van der Waals surface area (Å²) in [6.45, 7) is 3.65. The largest absolute Gasteiger partial charge is 0.507 e. The van der Waals surface area contributed by atoms with Crippen molar-refractivity contribution in [2.45, 2.75) is 57.9 Å². The molecule has 0 saturated heterocycles. The average Bonchev–Trinajstić information content (AvgIpc) is 3.09. The number of para-hydroxylation sites is 1. The second-order valence-electron chi connectivity index (χ2n) is 7.78. The van der Waals surface area contributed by atoms with Crippen molar-refractivity contribution < 1.29 is 28.2 Å². The van der Waals surface area contributed by atoms with Crippen LogP contribution in [0.2, 0.25) is 0 Å². The highest BCUT2D eigenvalue weighted by molar-refractivity contribution is 6.01. The van der Waals surface area contributed by atoms with Gasteiger partial charge in [0, 0.05) is 5.56 Å². The molecule has 0 saturated carbocycles. The van der Waals surface area contributed by atoms with Gasteiger partial charge in [0.1, 0.15) is 11.5 Å². The quantitative estimate of drug-likeness (QED) is 0.626. The molecule has 31 heavy (non-hydrogen) atoms. The Hall–Kier alpha value is -2.87. The lowest BCUT2D eigenvalue weighted by atomic mass is 9.94. The number of benzene rings is 2. The lowest BCUT2D eigenvalue weighted by molar-refractivity contribution is -0.0816. The minimum absolute atomic E-state index is 0.121. The number of carbonyl (C=O) groups excluding carboxylic acids is 1. The molecular weight excluding hydrogens is 409 g/mol. The van der Waals surface area contributed by atoms with Crippen LogP contribution in [0.15, 0.2) is 47.6 Å². The number of nitrogens with zero attached hydrogens (tertiary/aromatic N) is 2. The molecule has 1 heterocycles. The summed E-state index contributed by atoms with van der Waals surface area (Å²) in [6.07, 6.45) is -1.77. The summed E-state index contributed by atoms with van der Waals surface area (Å²) in [5.41, 5.74) is -2.32. The zero-order valence-corrected chi connectivity index (χ0v) is 17.4. The molecule has 0 radical (unpaired) electrons. The van der Waals surface area contributed by atoms with E-state index in [0.29, 0.717) is 10.6 Å². The molecule has 0 aromatic heterocycles. The number of phenolic OH excluding ortho intramolecular Hbond substituents is 1. The van der Waals surface area contributed by atoms with Crippen LogP contribution < -0.4 is 0 Å². The third-order valence-electron chi connectivity index (χ3n) is 5.46. The molecule has 0 fully saturated rings. The Balaban J connectivity index is 1.98. The van der Waals surface area contributed by atoms with Gasteiger partial charge in [0.25, 0.3) is 5.91 Å². The van der Waals surface area contributed by atoms with Gasteiger partial charge in [-0.05, 0) is 37.0 Å². The summed E-state index contributed by atoms with van der Waals surface area (Å²) in [6, 6.07) is 10.9. The number of hydrogen-bond donors (Lipinski definition) is 2. The highest BCUT2D eigenvalue weighted by Gasteiger charge is 2.53. The Morgan fingerprint density at radius 1 is 1.16 bits per heavy atom. The fourth-order valence-corrected chi connectivity index (χ4v) is 3.60. The van der Waals surface area contributed by atoms with E-state index in [4.69, 9.17) is 0 Å². The van der Waals surface area contributed by atoms with E-state index in [1.807, 2.05) is 0 Å². The third kappa shape index (κ3) is 4.58.